The molecular formula is C39H58O11. The molecule has 2 N–H and O–H groups in total. The molecule has 0 amide bonds. The molecule has 280 valence electrons. The lowest BCUT2D eigenvalue weighted by atomic mass is 9.41. The van der Waals surface area contributed by atoms with Crippen LogP contribution < -0.4 is 0 Å². The second-order valence-electron chi connectivity index (χ2n) is 19.5. The van der Waals surface area contributed by atoms with Gasteiger partial charge in [-0.1, -0.05) is 34.6 Å². The summed E-state index contributed by atoms with van der Waals surface area (Å²) in [6, 6.07) is 0. The van der Waals surface area contributed by atoms with E-state index < -0.39 is 36.4 Å². The van der Waals surface area contributed by atoms with Gasteiger partial charge in [-0.3, -0.25) is 9.59 Å². The van der Waals surface area contributed by atoms with E-state index >= 15 is 0 Å². The molecule has 0 aromatic carbocycles. The standard InChI is InChI=1S/C39H58O11/c1-19-13-39(32-35(7,50-32)18-45-39)49-23-14-34(6)25-10-9-24-33(4,5)26(48-31-29(43)30(47-21(3)41)22(42)16-44-31)11-12-37(24)17-38(25,37)15-27(46-20(2)40)36(34,8)28(19)23/h19,22-32,42-43H,9-18H2,1-8H3/t19-,22-,23+,24+,25+,26+,27-,28+,29-,30+,31+,32-,34+,35+,36-,37-,38+,39+/m1/s1. The summed E-state index contributed by atoms with van der Waals surface area (Å²) in [7, 11) is 0. The van der Waals surface area contributed by atoms with Crippen LogP contribution in [0.1, 0.15) is 107 Å². The fourth-order valence-electron chi connectivity index (χ4n) is 14.9. The number of aliphatic hydroxyl groups is 2. The highest BCUT2D eigenvalue weighted by Crippen LogP contribution is 2.89. The number of hydrogen-bond acceptors (Lipinski definition) is 11. The molecule has 50 heavy (non-hydrogen) atoms. The number of ether oxygens (including phenoxy) is 7. The van der Waals surface area contributed by atoms with E-state index in [-0.39, 0.29) is 75.6 Å². The first-order valence-electron chi connectivity index (χ1n) is 19.3. The normalized spacial score (nSPS) is 59.6. The van der Waals surface area contributed by atoms with E-state index in [0.29, 0.717) is 24.4 Å². The molecule has 4 saturated heterocycles. The van der Waals surface area contributed by atoms with Gasteiger partial charge in [0, 0.05) is 25.7 Å². The molecule has 0 aromatic rings. The van der Waals surface area contributed by atoms with Crippen molar-refractivity contribution in [2.45, 2.75) is 167 Å². The molecule has 11 nitrogen and oxygen atoms in total. The minimum Gasteiger partial charge on any atom is -0.462 e. The Hall–Kier alpha value is -1.34. The maximum atomic E-state index is 12.9. The molecule has 0 radical (unpaired) electrons. The zero-order valence-electron chi connectivity index (χ0n) is 31.1. The number of carbonyl (C=O) groups excluding carboxylic acids is 2. The molecule has 4 aliphatic heterocycles. The summed E-state index contributed by atoms with van der Waals surface area (Å²) >= 11 is 0. The average molecular weight is 703 g/mol. The van der Waals surface area contributed by atoms with Gasteiger partial charge < -0.3 is 43.4 Å². The molecule has 0 aromatic heterocycles. The zero-order chi connectivity index (χ0) is 35.6. The van der Waals surface area contributed by atoms with E-state index in [1.165, 1.54) is 6.92 Å². The van der Waals surface area contributed by atoms with Gasteiger partial charge in [0.1, 0.15) is 30.0 Å². The highest BCUT2D eigenvalue weighted by atomic mass is 16.8. The number of fused-ring (bicyclic) bond motifs is 6. The number of aliphatic hydroxyl groups excluding tert-OH is 2. The summed E-state index contributed by atoms with van der Waals surface area (Å²) in [4.78, 5) is 24.6. The fourth-order valence-corrected chi connectivity index (χ4v) is 14.9. The summed E-state index contributed by atoms with van der Waals surface area (Å²) < 4.78 is 43.9. The highest BCUT2D eigenvalue weighted by Gasteiger charge is 2.86. The third-order valence-electron chi connectivity index (χ3n) is 16.9. The third-order valence-corrected chi connectivity index (χ3v) is 16.9. The number of epoxide rings is 1. The van der Waals surface area contributed by atoms with Crippen LogP contribution >= 0.6 is 0 Å². The first kappa shape index (κ1) is 34.4. The molecule has 9 aliphatic rings. The number of rotatable bonds is 4. The maximum Gasteiger partial charge on any atom is 0.303 e. The Morgan fingerprint density at radius 2 is 1.56 bits per heavy atom. The van der Waals surface area contributed by atoms with Gasteiger partial charge in [0.25, 0.3) is 0 Å². The number of hydrogen-bond donors (Lipinski definition) is 2. The van der Waals surface area contributed by atoms with E-state index in [1.54, 1.807) is 6.92 Å². The Kier molecular flexibility index (Phi) is 7.19. The minimum absolute atomic E-state index is 0.0118. The van der Waals surface area contributed by atoms with Gasteiger partial charge >= 0.3 is 11.9 Å². The molecule has 9 rings (SSSR count). The van der Waals surface area contributed by atoms with Crippen molar-refractivity contribution in [3.8, 4) is 0 Å². The van der Waals surface area contributed by atoms with Gasteiger partial charge in [0.05, 0.1) is 25.4 Å². The molecule has 3 spiro atoms. The van der Waals surface area contributed by atoms with Crippen molar-refractivity contribution >= 4 is 11.9 Å². The molecule has 11 heteroatoms. The van der Waals surface area contributed by atoms with Gasteiger partial charge in [-0.25, -0.2) is 0 Å². The Labute approximate surface area is 295 Å². The molecule has 4 heterocycles. The maximum absolute atomic E-state index is 12.9. The van der Waals surface area contributed by atoms with Crippen molar-refractivity contribution in [3.05, 3.63) is 0 Å². The summed E-state index contributed by atoms with van der Waals surface area (Å²) in [6.45, 7) is 17.3. The Bertz CT molecular complexity index is 1470. The Morgan fingerprint density at radius 1 is 0.840 bits per heavy atom. The molecule has 5 aliphatic carbocycles. The van der Waals surface area contributed by atoms with Crippen molar-refractivity contribution < 1.29 is 53.0 Å². The summed E-state index contributed by atoms with van der Waals surface area (Å²) in [5.74, 6) is -0.0196. The monoisotopic (exact) mass is 702 g/mol. The smallest absolute Gasteiger partial charge is 0.303 e. The second kappa shape index (κ2) is 10.4. The zero-order valence-corrected chi connectivity index (χ0v) is 31.1. The molecular weight excluding hydrogens is 644 g/mol. The van der Waals surface area contributed by atoms with Crippen molar-refractivity contribution in [1.29, 1.82) is 0 Å². The van der Waals surface area contributed by atoms with Crippen molar-refractivity contribution in [3.63, 3.8) is 0 Å². The Balaban J connectivity index is 1.01. The molecule has 5 saturated carbocycles. The largest absolute Gasteiger partial charge is 0.462 e. The fraction of sp³-hybridized carbons (Fsp3) is 0.949. The van der Waals surface area contributed by atoms with Crippen LogP contribution in [0.3, 0.4) is 0 Å². The van der Waals surface area contributed by atoms with Crippen LogP contribution in [0.25, 0.3) is 0 Å². The molecule has 9 fully saturated rings. The van der Waals surface area contributed by atoms with Crippen LogP contribution in [0.15, 0.2) is 0 Å². The highest BCUT2D eigenvalue weighted by molar-refractivity contribution is 5.66. The predicted octanol–water partition coefficient (Wildman–Crippen LogP) is 4.28. The van der Waals surface area contributed by atoms with Crippen molar-refractivity contribution in [1.82, 2.24) is 0 Å². The van der Waals surface area contributed by atoms with Gasteiger partial charge in [-0.2, -0.15) is 0 Å². The number of carbonyl (C=O) groups is 2. The summed E-state index contributed by atoms with van der Waals surface area (Å²) in [5.41, 5.74) is -0.622. The van der Waals surface area contributed by atoms with Crippen molar-refractivity contribution in [2.24, 2.45) is 50.7 Å². The van der Waals surface area contributed by atoms with Gasteiger partial charge in [0.2, 0.25) is 0 Å². The molecule has 0 unspecified atom stereocenters. The minimum atomic E-state index is -1.29. The van der Waals surface area contributed by atoms with E-state index in [4.69, 9.17) is 33.2 Å². The molecule has 18 atom stereocenters. The van der Waals surface area contributed by atoms with E-state index in [2.05, 4.69) is 41.5 Å². The second-order valence-corrected chi connectivity index (χ2v) is 19.5. The first-order valence-corrected chi connectivity index (χ1v) is 19.3. The first-order chi connectivity index (χ1) is 23.4. The predicted molar refractivity (Wildman–Crippen MR) is 176 cm³/mol. The van der Waals surface area contributed by atoms with E-state index in [1.807, 2.05) is 0 Å². The lowest BCUT2D eigenvalue weighted by Crippen LogP contribution is -2.64. The van der Waals surface area contributed by atoms with Gasteiger partial charge in [-0.15, -0.1) is 0 Å². The quantitative estimate of drug-likeness (QED) is 0.246. The third kappa shape index (κ3) is 4.17. The van der Waals surface area contributed by atoms with Crippen LogP contribution in [0.4, 0.5) is 0 Å². The molecule has 0 bridgehead atoms. The lowest BCUT2D eigenvalue weighted by molar-refractivity contribution is -0.309. The lowest BCUT2D eigenvalue weighted by Gasteiger charge is -2.65. The SMILES string of the molecule is CC(=O)O[C@@H]1[C@@H](O)[C@H](O[C@H]2CC[C@]34C[C@]35C[C@@H](OC(C)=O)[C@]3(C)[C@H]6[C@H](C)C[C@]7(OC[C@]8(C)O[C@@H]78)O[C@H]6C[C@@]3(C)[C@@H]5CC[C@H]4C2(C)C)OC[C@H]1O. The van der Waals surface area contributed by atoms with Crippen LogP contribution in [0, 0.1) is 50.7 Å². The average Bonchev–Trinajstić information content (AvgIpc) is 3.84. The Morgan fingerprint density at radius 3 is 2.22 bits per heavy atom. The topological polar surface area (TPSA) is 143 Å². The van der Waals surface area contributed by atoms with Crippen LogP contribution in [0.2, 0.25) is 0 Å². The summed E-state index contributed by atoms with van der Waals surface area (Å²) in [6.07, 6.45) is 2.84. The van der Waals surface area contributed by atoms with Crippen molar-refractivity contribution in [2.75, 3.05) is 13.2 Å². The van der Waals surface area contributed by atoms with Crippen LogP contribution in [0.5, 0.6) is 0 Å². The van der Waals surface area contributed by atoms with Crippen LogP contribution in [-0.4, -0.2) is 95.8 Å². The van der Waals surface area contributed by atoms with Gasteiger partial charge in [0.15, 0.2) is 18.2 Å². The van der Waals surface area contributed by atoms with Gasteiger partial charge in [-0.05, 0) is 97.2 Å². The number of esters is 2. The summed E-state index contributed by atoms with van der Waals surface area (Å²) in [5, 5.41) is 21.5. The van der Waals surface area contributed by atoms with E-state index in [9.17, 15) is 19.8 Å². The van der Waals surface area contributed by atoms with E-state index in [0.717, 1.165) is 51.4 Å². The van der Waals surface area contributed by atoms with Crippen LogP contribution in [-0.2, 0) is 42.7 Å².